The van der Waals surface area contributed by atoms with E-state index in [4.69, 9.17) is 9.47 Å². The van der Waals surface area contributed by atoms with Crippen molar-refractivity contribution < 1.29 is 9.47 Å². The summed E-state index contributed by atoms with van der Waals surface area (Å²) in [7, 11) is 0. The van der Waals surface area contributed by atoms with Crippen molar-refractivity contribution in [3.05, 3.63) is 0 Å². The molecule has 0 N–H and O–H groups in total. The van der Waals surface area contributed by atoms with E-state index in [1.807, 2.05) is 0 Å². The summed E-state index contributed by atoms with van der Waals surface area (Å²) in [6.07, 6.45) is 1.44. The Kier molecular flexibility index (Phi) is 1.29. The highest BCUT2D eigenvalue weighted by molar-refractivity contribution is 4.97. The van der Waals surface area contributed by atoms with Crippen molar-refractivity contribution in [3.8, 4) is 0 Å². The second-order valence-electron chi connectivity index (χ2n) is 3.64. The molecule has 0 spiro atoms. The Morgan fingerprint density at radius 2 is 2.30 bits per heavy atom. The number of fused-ring (bicyclic) bond motifs is 1. The summed E-state index contributed by atoms with van der Waals surface area (Å²) in [5.41, 5.74) is 0.0550. The highest BCUT2D eigenvalue weighted by atomic mass is 16.6. The molecule has 0 saturated carbocycles. The van der Waals surface area contributed by atoms with Crippen LogP contribution in [-0.2, 0) is 9.47 Å². The van der Waals surface area contributed by atoms with Gasteiger partial charge in [0.2, 0.25) is 0 Å². The van der Waals surface area contributed by atoms with Crippen LogP contribution < -0.4 is 0 Å². The molecule has 0 aliphatic carbocycles. The molecule has 0 aromatic heterocycles. The Balaban J connectivity index is 2.19. The SMILES string of the molecule is CC1CO[C@]2(C)CCO[C@H]12. The van der Waals surface area contributed by atoms with Gasteiger partial charge in [-0.25, -0.2) is 0 Å². The Labute approximate surface area is 61.5 Å². The van der Waals surface area contributed by atoms with Crippen LogP contribution in [0.5, 0.6) is 0 Å². The van der Waals surface area contributed by atoms with Crippen molar-refractivity contribution in [1.29, 1.82) is 0 Å². The molecule has 2 heteroatoms. The maximum Gasteiger partial charge on any atom is 0.0940 e. The molecule has 3 atom stereocenters. The Morgan fingerprint density at radius 3 is 3.00 bits per heavy atom. The lowest BCUT2D eigenvalue weighted by Gasteiger charge is -2.21. The van der Waals surface area contributed by atoms with E-state index >= 15 is 0 Å². The zero-order valence-corrected chi connectivity index (χ0v) is 6.59. The van der Waals surface area contributed by atoms with Gasteiger partial charge in [0.25, 0.3) is 0 Å². The normalized spacial score (nSPS) is 53.4. The van der Waals surface area contributed by atoms with E-state index in [-0.39, 0.29) is 5.60 Å². The predicted molar refractivity (Wildman–Crippen MR) is 37.9 cm³/mol. The van der Waals surface area contributed by atoms with Gasteiger partial charge in [0.1, 0.15) is 0 Å². The molecule has 0 amide bonds. The molecule has 0 aromatic rings. The summed E-state index contributed by atoms with van der Waals surface area (Å²) in [6, 6.07) is 0. The van der Waals surface area contributed by atoms with Crippen LogP contribution in [0.1, 0.15) is 20.3 Å². The molecule has 0 bridgehead atoms. The molecule has 2 aliphatic heterocycles. The third kappa shape index (κ3) is 0.722. The van der Waals surface area contributed by atoms with E-state index in [1.165, 1.54) is 0 Å². The van der Waals surface area contributed by atoms with Crippen molar-refractivity contribution in [1.82, 2.24) is 0 Å². The first-order valence-corrected chi connectivity index (χ1v) is 3.98. The highest BCUT2D eigenvalue weighted by Crippen LogP contribution is 2.39. The summed E-state index contributed by atoms with van der Waals surface area (Å²) in [5.74, 6) is 0.590. The van der Waals surface area contributed by atoms with Crippen molar-refractivity contribution in [2.45, 2.75) is 32.0 Å². The lowest BCUT2D eigenvalue weighted by Crippen LogP contribution is -2.32. The maximum atomic E-state index is 5.65. The van der Waals surface area contributed by atoms with Crippen LogP contribution in [0.25, 0.3) is 0 Å². The van der Waals surface area contributed by atoms with Gasteiger partial charge in [-0.15, -0.1) is 0 Å². The minimum absolute atomic E-state index is 0.0550. The Hall–Kier alpha value is -0.0800. The topological polar surface area (TPSA) is 18.5 Å². The van der Waals surface area contributed by atoms with Gasteiger partial charge in [-0.2, -0.15) is 0 Å². The minimum Gasteiger partial charge on any atom is -0.375 e. The number of hydrogen-bond acceptors (Lipinski definition) is 2. The van der Waals surface area contributed by atoms with Crippen LogP contribution in [0.3, 0.4) is 0 Å². The van der Waals surface area contributed by atoms with Crippen molar-refractivity contribution >= 4 is 0 Å². The van der Waals surface area contributed by atoms with Gasteiger partial charge in [0, 0.05) is 18.9 Å². The van der Waals surface area contributed by atoms with Gasteiger partial charge in [0.05, 0.1) is 18.3 Å². The van der Waals surface area contributed by atoms with Crippen LogP contribution in [0.15, 0.2) is 0 Å². The largest absolute Gasteiger partial charge is 0.375 e. The standard InChI is InChI=1S/C8H14O2/c1-6-5-10-8(2)3-4-9-7(6)8/h6-7H,3-5H2,1-2H3/t6?,7-,8-/m1/s1. The molecule has 2 nitrogen and oxygen atoms in total. The van der Waals surface area contributed by atoms with Gasteiger partial charge < -0.3 is 9.47 Å². The average molecular weight is 142 g/mol. The zero-order valence-electron chi connectivity index (χ0n) is 6.59. The second kappa shape index (κ2) is 1.95. The molecule has 2 saturated heterocycles. The molecule has 2 heterocycles. The lowest BCUT2D eigenvalue weighted by molar-refractivity contribution is -0.00723. The third-order valence-corrected chi connectivity index (χ3v) is 2.69. The molecule has 2 aliphatic rings. The number of ether oxygens (including phenoxy) is 2. The van der Waals surface area contributed by atoms with Gasteiger partial charge in [-0.3, -0.25) is 0 Å². The monoisotopic (exact) mass is 142 g/mol. The van der Waals surface area contributed by atoms with Crippen LogP contribution in [0.4, 0.5) is 0 Å². The minimum atomic E-state index is 0.0550. The quantitative estimate of drug-likeness (QED) is 0.506. The van der Waals surface area contributed by atoms with Crippen molar-refractivity contribution in [2.75, 3.05) is 13.2 Å². The summed E-state index contributed by atoms with van der Waals surface area (Å²) >= 11 is 0. The van der Waals surface area contributed by atoms with E-state index in [9.17, 15) is 0 Å². The first kappa shape index (κ1) is 6.62. The van der Waals surface area contributed by atoms with Gasteiger partial charge in [0.15, 0.2) is 0 Å². The van der Waals surface area contributed by atoms with E-state index < -0.39 is 0 Å². The first-order chi connectivity index (χ1) is 4.72. The molecular formula is C8H14O2. The van der Waals surface area contributed by atoms with E-state index in [1.54, 1.807) is 0 Å². The molecule has 58 valence electrons. The number of rotatable bonds is 0. The average Bonchev–Trinajstić information content (AvgIpc) is 2.35. The van der Waals surface area contributed by atoms with Gasteiger partial charge >= 0.3 is 0 Å². The summed E-state index contributed by atoms with van der Waals surface area (Å²) in [5, 5.41) is 0. The first-order valence-electron chi connectivity index (χ1n) is 3.98. The molecule has 10 heavy (non-hydrogen) atoms. The Bertz CT molecular complexity index is 146. The molecule has 0 aromatic carbocycles. The highest BCUT2D eigenvalue weighted by Gasteiger charge is 2.48. The van der Waals surface area contributed by atoms with Crippen LogP contribution in [0.2, 0.25) is 0 Å². The van der Waals surface area contributed by atoms with E-state index in [0.29, 0.717) is 12.0 Å². The maximum absolute atomic E-state index is 5.65. The fraction of sp³-hybridized carbons (Fsp3) is 1.00. The zero-order chi connectivity index (χ0) is 7.19. The van der Waals surface area contributed by atoms with E-state index in [0.717, 1.165) is 19.6 Å². The molecule has 2 rings (SSSR count). The summed E-state index contributed by atoms with van der Waals surface area (Å²) < 4.78 is 11.2. The molecular weight excluding hydrogens is 128 g/mol. The van der Waals surface area contributed by atoms with Crippen LogP contribution in [0, 0.1) is 5.92 Å². The van der Waals surface area contributed by atoms with Crippen molar-refractivity contribution in [2.24, 2.45) is 5.92 Å². The van der Waals surface area contributed by atoms with E-state index in [2.05, 4.69) is 13.8 Å². The van der Waals surface area contributed by atoms with Crippen LogP contribution in [-0.4, -0.2) is 24.9 Å². The van der Waals surface area contributed by atoms with Crippen LogP contribution >= 0.6 is 0 Å². The fourth-order valence-corrected chi connectivity index (χ4v) is 2.04. The fourth-order valence-electron chi connectivity index (χ4n) is 2.04. The second-order valence-corrected chi connectivity index (χ2v) is 3.64. The summed E-state index contributed by atoms with van der Waals surface area (Å²) in [6.45, 7) is 6.11. The molecule has 0 radical (unpaired) electrons. The number of hydrogen-bond donors (Lipinski definition) is 0. The lowest BCUT2D eigenvalue weighted by atomic mass is 9.93. The molecule has 2 fully saturated rings. The van der Waals surface area contributed by atoms with Gasteiger partial charge in [-0.1, -0.05) is 6.92 Å². The Morgan fingerprint density at radius 1 is 1.50 bits per heavy atom. The third-order valence-electron chi connectivity index (χ3n) is 2.69. The molecule has 1 unspecified atom stereocenters. The summed E-state index contributed by atoms with van der Waals surface area (Å²) in [4.78, 5) is 0. The smallest absolute Gasteiger partial charge is 0.0940 e. The van der Waals surface area contributed by atoms with Crippen molar-refractivity contribution in [3.63, 3.8) is 0 Å². The predicted octanol–water partition coefficient (Wildman–Crippen LogP) is 1.20. The van der Waals surface area contributed by atoms with Gasteiger partial charge in [-0.05, 0) is 6.92 Å².